The lowest BCUT2D eigenvalue weighted by molar-refractivity contribution is -0.134. The van der Waals surface area contributed by atoms with Crippen molar-refractivity contribution in [3.05, 3.63) is 58.6 Å². The Bertz CT molecular complexity index is 1180. The average Bonchev–Trinajstić information content (AvgIpc) is 2.83. The van der Waals surface area contributed by atoms with Crippen LogP contribution in [-0.2, 0) is 19.6 Å². The molecule has 0 aromatic heterocycles. The molecule has 0 saturated carbocycles. The number of nitrogens with one attached hydrogen (secondary N) is 1. The highest BCUT2D eigenvalue weighted by molar-refractivity contribution is 7.92. The quantitative estimate of drug-likeness (QED) is 0.404. The van der Waals surface area contributed by atoms with Gasteiger partial charge in [0.05, 0.1) is 18.2 Å². The van der Waals surface area contributed by atoms with Crippen molar-refractivity contribution >= 4 is 45.3 Å². The molecule has 2 aromatic rings. The molecule has 1 aliphatic heterocycles. The largest absolute Gasteiger partial charge is 0.484 e. The molecule has 1 aliphatic rings. The number of hydrogen-bond acceptors (Lipinski definition) is 6. The van der Waals surface area contributed by atoms with E-state index in [9.17, 15) is 18.0 Å². The monoisotopic (exact) mass is 520 g/mol. The highest BCUT2D eigenvalue weighted by atomic mass is 35.5. The first-order chi connectivity index (χ1) is 16.6. The fourth-order valence-corrected chi connectivity index (χ4v) is 4.70. The van der Waals surface area contributed by atoms with E-state index in [0.717, 1.165) is 42.9 Å². The summed E-state index contributed by atoms with van der Waals surface area (Å²) in [6.45, 7) is 2.79. The van der Waals surface area contributed by atoms with Crippen LogP contribution in [0.25, 0.3) is 0 Å². The van der Waals surface area contributed by atoms with Gasteiger partial charge in [0, 0.05) is 18.1 Å². The first kappa shape index (κ1) is 26.5. The Morgan fingerprint density at radius 1 is 1.14 bits per heavy atom. The molecular weight excluding hydrogens is 492 g/mol. The van der Waals surface area contributed by atoms with Crippen LogP contribution in [0.2, 0.25) is 5.02 Å². The third-order valence-corrected chi connectivity index (χ3v) is 7.09. The minimum absolute atomic E-state index is 0.00751. The number of hydrazone groups is 1. The van der Waals surface area contributed by atoms with Crippen molar-refractivity contribution in [3.63, 3.8) is 0 Å². The van der Waals surface area contributed by atoms with E-state index in [4.69, 9.17) is 16.3 Å². The summed E-state index contributed by atoms with van der Waals surface area (Å²) < 4.78 is 31.1. The number of likely N-dealkylation sites (tertiary alicyclic amines) is 1. The number of hydrogen-bond donors (Lipinski definition) is 1. The zero-order valence-electron chi connectivity index (χ0n) is 19.7. The number of amides is 2. The summed E-state index contributed by atoms with van der Waals surface area (Å²) in [5.74, 6) is -0.0754. The van der Waals surface area contributed by atoms with Gasteiger partial charge in [-0.3, -0.25) is 13.9 Å². The Kier molecular flexibility index (Phi) is 9.11. The number of ether oxygens (including phenoxy) is 1. The number of nitrogens with zero attached hydrogens (tertiary/aromatic N) is 3. The van der Waals surface area contributed by atoms with Crippen molar-refractivity contribution in [1.82, 2.24) is 10.3 Å². The standard InChI is InChI=1S/C24H29ClN4O5S/c1-18-21(25)7-6-8-22(18)29(35(2,32)33)16-23(30)27-26-15-19-9-11-20(12-10-19)34-17-24(31)28-13-4-3-5-14-28/h6-12,15H,3-5,13-14,16-17H2,1-2H3,(H,27,30)/b26-15-. The van der Waals surface area contributed by atoms with Crippen molar-refractivity contribution in [1.29, 1.82) is 0 Å². The Morgan fingerprint density at radius 3 is 2.49 bits per heavy atom. The number of sulfonamides is 1. The van der Waals surface area contributed by atoms with Crippen molar-refractivity contribution in [2.24, 2.45) is 5.10 Å². The molecule has 3 rings (SSSR count). The van der Waals surface area contributed by atoms with Gasteiger partial charge in [0.25, 0.3) is 11.8 Å². The lowest BCUT2D eigenvalue weighted by Gasteiger charge is -2.26. The van der Waals surface area contributed by atoms with Crippen LogP contribution in [-0.4, -0.2) is 63.8 Å². The van der Waals surface area contributed by atoms with E-state index in [0.29, 0.717) is 27.6 Å². The number of halogens is 1. The van der Waals surface area contributed by atoms with Crippen LogP contribution in [0.1, 0.15) is 30.4 Å². The van der Waals surface area contributed by atoms with Gasteiger partial charge in [-0.1, -0.05) is 17.7 Å². The molecule has 1 fully saturated rings. The van der Waals surface area contributed by atoms with Crippen LogP contribution in [0, 0.1) is 6.92 Å². The predicted octanol–water partition coefficient (Wildman–Crippen LogP) is 2.96. The van der Waals surface area contributed by atoms with Crippen LogP contribution in [0.5, 0.6) is 5.75 Å². The van der Waals surface area contributed by atoms with Gasteiger partial charge < -0.3 is 9.64 Å². The molecule has 0 unspecified atom stereocenters. The zero-order valence-corrected chi connectivity index (χ0v) is 21.3. The minimum atomic E-state index is -3.73. The molecule has 0 bridgehead atoms. The van der Waals surface area contributed by atoms with Gasteiger partial charge in [-0.15, -0.1) is 0 Å². The van der Waals surface area contributed by atoms with Gasteiger partial charge in [0.2, 0.25) is 10.0 Å². The molecule has 188 valence electrons. The molecule has 1 heterocycles. The molecule has 35 heavy (non-hydrogen) atoms. The molecule has 11 heteroatoms. The number of carbonyl (C=O) groups is 2. The second-order valence-corrected chi connectivity index (χ2v) is 10.6. The Labute approximate surface area is 210 Å². The van der Waals surface area contributed by atoms with E-state index in [1.807, 2.05) is 4.90 Å². The van der Waals surface area contributed by atoms with Crippen molar-refractivity contribution in [2.45, 2.75) is 26.2 Å². The minimum Gasteiger partial charge on any atom is -0.484 e. The van der Waals surface area contributed by atoms with Crippen LogP contribution in [0.15, 0.2) is 47.6 Å². The first-order valence-electron chi connectivity index (χ1n) is 11.2. The molecule has 1 saturated heterocycles. The van der Waals surface area contributed by atoms with Crippen molar-refractivity contribution < 1.29 is 22.7 Å². The Hall–Kier alpha value is -3.11. The summed E-state index contributed by atoms with van der Waals surface area (Å²) in [7, 11) is -3.73. The van der Waals surface area contributed by atoms with Gasteiger partial charge >= 0.3 is 0 Å². The maximum atomic E-state index is 12.4. The SMILES string of the molecule is Cc1c(Cl)cccc1N(CC(=O)N/N=C\c1ccc(OCC(=O)N2CCCCC2)cc1)S(C)(=O)=O. The van der Waals surface area contributed by atoms with E-state index in [1.165, 1.54) is 6.21 Å². The van der Waals surface area contributed by atoms with E-state index in [-0.39, 0.29) is 12.5 Å². The summed E-state index contributed by atoms with van der Waals surface area (Å²) in [6.07, 6.45) is 5.67. The van der Waals surface area contributed by atoms with Crippen LogP contribution >= 0.6 is 11.6 Å². The maximum Gasteiger partial charge on any atom is 0.260 e. The van der Waals surface area contributed by atoms with E-state index in [2.05, 4.69) is 10.5 Å². The molecule has 0 aliphatic carbocycles. The second-order valence-electron chi connectivity index (χ2n) is 8.25. The molecule has 0 spiro atoms. The molecule has 9 nitrogen and oxygen atoms in total. The first-order valence-corrected chi connectivity index (χ1v) is 13.4. The van der Waals surface area contributed by atoms with E-state index < -0.39 is 22.5 Å². The Morgan fingerprint density at radius 2 is 1.83 bits per heavy atom. The third-order valence-electron chi connectivity index (χ3n) is 5.55. The summed E-state index contributed by atoms with van der Waals surface area (Å²) in [5.41, 5.74) is 3.90. The van der Waals surface area contributed by atoms with Crippen LogP contribution in [0.4, 0.5) is 5.69 Å². The molecule has 0 atom stereocenters. The third kappa shape index (κ3) is 7.69. The highest BCUT2D eigenvalue weighted by Gasteiger charge is 2.23. The topological polar surface area (TPSA) is 108 Å². The second kappa shape index (κ2) is 12.0. The van der Waals surface area contributed by atoms with Gasteiger partial charge in [0.1, 0.15) is 12.3 Å². The maximum absolute atomic E-state index is 12.4. The molecule has 1 N–H and O–H groups in total. The average molecular weight is 521 g/mol. The molecular formula is C24H29ClN4O5S. The normalized spacial score (nSPS) is 14.1. The summed E-state index contributed by atoms with van der Waals surface area (Å²) in [4.78, 5) is 26.4. The van der Waals surface area contributed by atoms with E-state index >= 15 is 0 Å². The fraction of sp³-hybridized carbons (Fsp3) is 0.375. The molecule has 2 amide bonds. The highest BCUT2D eigenvalue weighted by Crippen LogP contribution is 2.28. The molecule has 0 radical (unpaired) electrons. The van der Waals surface area contributed by atoms with Crippen LogP contribution < -0.4 is 14.5 Å². The zero-order chi connectivity index (χ0) is 25.4. The fourth-order valence-electron chi connectivity index (χ4n) is 3.62. The number of rotatable bonds is 9. The summed E-state index contributed by atoms with van der Waals surface area (Å²) >= 11 is 6.10. The number of carbonyl (C=O) groups excluding carboxylic acids is 2. The predicted molar refractivity (Wildman–Crippen MR) is 136 cm³/mol. The van der Waals surface area contributed by atoms with Gasteiger partial charge in [0.15, 0.2) is 6.61 Å². The van der Waals surface area contributed by atoms with Gasteiger partial charge in [-0.25, -0.2) is 13.8 Å². The summed E-state index contributed by atoms with van der Waals surface area (Å²) in [5, 5.41) is 4.30. The van der Waals surface area contributed by atoms with Gasteiger partial charge in [-0.05, 0) is 73.7 Å². The number of benzene rings is 2. The number of piperidine rings is 1. The van der Waals surface area contributed by atoms with Crippen LogP contribution in [0.3, 0.4) is 0 Å². The number of anilines is 1. The molecule has 2 aromatic carbocycles. The lowest BCUT2D eigenvalue weighted by Crippen LogP contribution is -2.39. The smallest absolute Gasteiger partial charge is 0.260 e. The lowest BCUT2D eigenvalue weighted by atomic mass is 10.1. The summed E-state index contributed by atoms with van der Waals surface area (Å²) in [6, 6.07) is 11.7. The van der Waals surface area contributed by atoms with Crippen molar-refractivity contribution in [3.8, 4) is 5.75 Å². The Balaban J connectivity index is 1.53. The van der Waals surface area contributed by atoms with Crippen molar-refractivity contribution in [2.75, 3.05) is 36.8 Å². The van der Waals surface area contributed by atoms with Gasteiger partial charge in [-0.2, -0.15) is 5.10 Å². The van der Waals surface area contributed by atoms with E-state index in [1.54, 1.807) is 49.4 Å².